The van der Waals surface area contributed by atoms with E-state index in [4.69, 9.17) is 0 Å². The smallest absolute Gasteiger partial charge is 0.0602 e. The summed E-state index contributed by atoms with van der Waals surface area (Å²) in [7, 11) is 0. The van der Waals surface area contributed by atoms with Crippen LogP contribution in [0.2, 0.25) is 0 Å². The van der Waals surface area contributed by atoms with Crippen LogP contribution in [0.1, 0.15) is 98.8 Å². The van der Waals surface area contributed by atoms with Gasteiger partial charge in [-0.25, -0.2) is 0 Å². The molecule has 0 aromatic carbocycles. The second-order valence-corrected chi connectivity index (χ2v) is 11.6. The second-order valence-electron chi connectivity index (χ2n) is 11.6. The van der Waals surface area contributed by atoms with Crippen LogP contribution in [0.5, 0.6) is 0 Å². The Kier molecular flexibility index (Phi) is 5.03. The van der Waals surface area contributed by atoms with Gasteiger partial charge < -0.3 is 5.11 Å². The van der Waals surface area contributed by atoms with Gasteiger partial charge in [0.2, 0.25) is 0 Å². The average Bonchev–Trinajstić information content (AvgIpc) is 2.96. The number of rotatable bonds is 3. The van der Waals surface area contributed by atoms with Crippen LogP contribution in [0.15, 0.2) is 0 Å². The molecule has 1 N–H and O–H groups in total. The zero-order valence-electron chi connectivity index (χ0n) is 18.1. The monoisotopic (exact) mass is 360 g/mol. The van der Waals surface area contributed by atoms with Crippen molar-refractivity contribution in [2.45, 2.75) is 105 Å². The van der Waals surface area contributed by atoms with E-state index in [2.05, 4.69) is 34.6 Å². The van der Waals surface area contributed by atoms with Crippen LogP contribution in [0.3, 0.4) is 0 Å². The third-order valence-corrected chi connectivity index (χ3v) is 10.5. The maximum Gasteiger partial charge on any atom is 0.0602 e. The Hall–Kier alpha value is -0.0400. The van der Waals surface area contributed by atoms with Gasteiger partial charge >= 0.3 is 0 Å². The molecule has 0 radical (unpaired) electrons. The minimum atomic E-state index is -0.0597. The van der Waals surface area contributed by atoms with Crippen LogP contribution in [-0.4, -0.2) is 11.2 Å². The Morgan fingerprint density at radius 1 is 1.00 bits per heavy atom. The second kappa shape index (κ2) is 6.78. The normalized spacial score (nSPS) is 54.9. The van der Waals surface area contributed by atoms with Gasteiger partial charge in [0.15, 0.2) is 0 Å². The first-order valence-electron chi connectivity index (χ1n) is 12.0. The van der Waals surface area contributed by atoms with Crippen molar-refractivity contribution in [1.82, 2.24) is 0 Å². The SMILES string of the molecule is CCC[C@@H](C)[C@H]1CC[C@H]2[C@@H]3CC[C@@H]4C[C@H](C)CC[C@]4(C)[C@H]3C[C@H](O)[C@]12C. The van der Waals surface area contributed by atoms with Crippen LogP contribution < -0.4 is 0 Å². The number of fused-ring (bicyclic) bond motifs is 5. The molecular formula is C25H44O. The van der Waals surface area contributed by atoms with Crippen molar-refractivity contribution in [3.8, 4) is 0 Å². The standard InChI is InChI=1S/C25H44O/c1-6-7-17(3)20-10-11-21-19-9-8-18-14-16(2)12-13-24(18,4)22(19)15-23(26)25(20,21)5/h16-23,26H,6-15H2,1-5H3/t16-,17-,18-,19+,20-,21+,22+,23+,24+,25-/m1/s1. The maximum absolute atomic E-state index is 11.5. The zero-order valence-corrected chi connectivity index (χ0v) is 18.1. The molecule has 4 aliphatic carbocycles. The van der Waals surface area contributed by atoms with Gasteiger partial charge in [-0.05, 0) is 97.2 Å². The van der Waals surface area contributed by atoms with Gasteiger partial charge in [0.05, 0.1) is 6.10 Å². The van der Waals surface area contributed by atoms with Gasteiger partial charge in [-0.2, -0.15) is 0 Å². The molecule has 26 heavy (non-hydrogen) atoms. The number of aliphatic hydroxyl groups is 1. The molecule has 10 atom stereocenters. The van der Waals surface area contributed by atoms with Crippen LogP contribution >= 0.6 is 0 Å². The predicted octanol–water partition coefficient (Wildman–Crippen LogP) is 6.69. The van der Waals surface area contributed by atoms with Gasteiger partial charge in [0.1, 0.15) is 0 Å². The van der Waals surface area contributed by atoms with E-state index in [1.165, 1.54) is 57.8 Å². The van der Waals surface area contributed by atoms with E-state index >= 15 is 0 Å². The summed E-state index contributed by atoms with van der Waals surface area (Å²) in [6.07, 6.45) is 13.7. The highest BCUT2D eigenvalue weighted by molar-refractivity contribution is 5.12. The van der Waals surface area contributed by atoms with E-state index in [-0.39, 0.29) is 11.5 Å². The van der Waals surface area contributed by atoms with Crippen molar-refractivity contribution in [2.24, 2.45) is 52.3 Å². The Bertz CT molecular complexity index is 514. The minimum absolute atomic E-state index is 0.0597. The van der Waals surface area contributed by atoms with Gasteiger partial charge in [-0.15, -0.1) is 0 Å². The summed E-state index contributed by atoms with van der Waals surface area (Å²) in [6, 6.07) is 0. The average molecular weight is 361 g/mol. The summed E-state index contributed by atoms with van der Waals surface area (Å²) in [4.78, 5) is 0. The number of hydrogen-bond donors (Lipinski definition) is 1. The first kappa shape index (κ1) is 19.3. The molecule has 1 heteroatoms. The summed E-state index contributed by atoms with van der Waals surface area (Å²) >= 11 is 0. The number of aliphatic hydroxyl groups excluding tert-OH is 1. The molecule has 0 aliphatic heterocycles. The molecule has 4 aliphatic rings. The first-order valence-corrected chi connectivity index (χ1v) is 12.0. The summed E-state index contributed by atoms with van der Waals surface area (Å²) in [5.41, 5.74) is 0.714. The first-order chi connectivity index (χ1) is 12.3. The van der Waals surface area contributed by atoms with E-state index in [1.807, 2.05) is 0 Å². The molecule has 0 heterocycles. The highest BCUT2D eigenvalue weighted by Crippen LogP contribution is 2.68. The molecule has 0 spiro atoms. The number of hydrogen-bond acceptors (Lipinski definition) is 1. The molecule has 0 aromatic heterocycles. The summed E-state index contributed by atoms with van der Waals surface area (Å²) in [5.74, 6) is 5.87. The van der Waals surface area contributed by atoms with Crippen molar-refractivity contribution in [3.05, 3.63) is 0 Å². The fourth-order valence-corrected chi connectivity index (χ4v) is 9.05. The topological polar surface area (TPSA) is 20.2 Å². The predicted molar refractivity (Wildman–Crippen MR) is 110 cm³/mol. The van der Waals surface area contributed by atoms with Crippen molar-refractivity contribution in [1.29, 1.82) is 0 Å². The van der Waals surface area contributed by atoms with Crippen LogP contribution in [0, 0.1) is 52.3 Å². The lowest BCUT2D eigenvalue weighted by molar-refractivity contribution is -0.171. The van der Waals surface area contributed by atoms with E-state index < -0.39 is 0 Å². The molecule has 150 valence electrons. The van der Waals surface area contributed by atoms with Gasteiger partial charge in [-0.3, -0.25) is 0 Å². The lowest BCUT2D eigenvalue weighted by Crippen LogP contribution is -2.58. The molecular weight excluding hydrogens is 316 g/mol. The molecule has 0 amide bonds. The van der Waals surface area contributed by atoms with Crippen LogP contribution in [0.4, 0.5) is 0 Å². The van der Waals surface area contributed by atoms with E-state index in [0.29, 0.717) is 5.41 Å². The zero-order chi connectivity index (χ0) is 18.7. The van der Waals surface area contributed by atoms with E-state index in [9.17, 15) is 5.11 Å². The Labute approximate surface area is 162 Å². The molecule has 0 bridgehead atoms. The van der Waals surface area contributed by atoms with Gasteiger partial charge in [0.25, 0.3) is 0 Å². The van der Waals surface area contributed by atoms with Gasteiger partial charge in [-0.1, -0.05) is 53.9 Å². The lowest BCUT2D eigenvalue weighted by Gasteiger charge is -2.62. The molecule has 0 aromatic rings. The Morgan fingerprint density at radius 3 is 2.50 bits per heavy atom. The van der Waals surface area contributed by atoms with Gasteiger partial charge in [0, 0.05) is 0 Å². The Balaban J connectivity index is 1.61. The fourth-order valence-electron chi connectivity index (χ4n) is 9.05. The van der Waals surface area contributed by atoms with Crippen molar-refractivity contribution >= 4 is 0 Å². The third kappa shape index (κ3) is 2.66. The molecule has 1 nitrogen and oxygen atoms in total. The van der Waals surface area contributed by atoms with Crippen LogP contribution in [0.25, 0.3) is 0 Å². The maximum atomic E-state index is 11.5. The molecule has 4 rings (SSSR count). The van der Waals surface area contributed by atoms with E-state index in [1.54, 1.807) is 0 Å². The Morgan fingerprint density at radius 2 is 1.77 bits per heavy atom. The van der Waals surface area contributed by atoms with Crippen molar-refractivity contribution in [3.63, 3.8) is 0 Å². The summed E-state index contributed by atoms with van der Waals surface area (Å²) in [6.45, 7) is 12.4. The van der Waals surface area contributed by atoms with Crippen molar-refractivity contribution in [2.75, 3.05) is 0 Å². The van der Waals surface area contributed by atoms with Crippen molar-refractivity contribution < 1.29 is 5.11 Å². The molecule has 0 saturated heterocycles. The highest BCUT2D eigenvalue weighted by Gasteiger charge is 2.63. The van der Waals surface area contributed by atoms with Crippen LogP contribution in [-0.2, 0) is 0 Å². The van der Waals surface area contributed by atoms with E-state index in [0.717, 1.165) is 47.8 Å². The fraction of sp³-hybridized carbons (Fsp3) is 1.00. The summed E-state index contributed by atoms with van der Waals surface area (Å²) in [5, 5.41) is 11.5. The lowest BCUT2D eigenvalue weighted by atomic mass is 9.43. The summed E-state index contributed by atoms with van der Waals surface area (Å²) < 4.78 is 0. The minimum Gasteiger partial charge on any atom is -0.393 e. The molecule has 4 saturated carbocycles. The molecule has 0 unspecified atom stereocenters. The third-order valence-electron chi connectivity index (χ3n) is 10.5. The highest BCUT2D eigenvalue weighted by atomic mass is 16.3. The molecule has 4 fully saturated rings. The largest absolute Gasteiger partial charge is 0.393 e. The quantitative estimate of drug-likeness (QED) is 0.594.